The lowest BCUT2D eigenvalue weighted by molar-refractivity contribution is 0.0669. The summed E-state index contributed by atoms with van der Waals surface area (Å²) < 4.78 is 5.99. The maximum Gasteiger partial charge on any atom is 0.255 e. The van der Waals surface area contributed by atoms with Gasteiger partial charge in [0, 0.05) is 29.6 Å². The Morgan fingerprint density at radius 2 is 2.16 bits per heavy atom. The summed E-state index contributed by atoms with van der Waals surface area (Å²) in [6.45, 7) is 6.03. The zero-order valence-electron chi connectivity index (χ0n) is 11.5. The standard InChI is InChI=1S/C14H20BrNO2S/c1-10(2)9-16(6-7-18-3)14(17)12-5-4-11(15)8-13(12)19/h4-5,8,10,19H,6-7,9H2,1-3H3. The van der Waals surface area contributed by atoms with Crippen molar-refractivity contribution in [1.29, 1.82) is 0 Å². The first-order valence-corrected chi connectivity index (χ1v) is 7.46. The number of hydrogen-bond donors (Lipinski definition) is 1. The van der Waals surface area contributed by atoms with Crippen molar-refractivity contribution in [3.63, 3.8) is 0 Å². The molecule has 0 aromatic heterocycles. The van der Waals surface area contributed by atoms with Crippen LogP contribution >= 0.6 is 28.6 Å². The fourth-order valence-electron chi connectivity index (χ4n) is 1.77. The molecule has 0 saturated carbocycles. The minimum atomic E-state index is 0.00301. The first-order valence-electron chi connectivity index (χ1n) is 6.22. The number of hydrogen-bond acceptors (Lipinski definition) is 3. The van der Waals surface area contributed by atoms with Crippen LogP contribution in [0.2, 0.25) is 0 Å². The van der Waals surface area contributed by atoms with Gasteiger partial charge in [0.1, 0.15) is 0 Å². The van der Waals surface area contributed by atoms with Crippen LogP contribution in [0.3, 0.4) is 0 Å². The van der Waals surface area contributed by atoms with E-state index in [2.05, 4.69) is 42.4 Å². The molecule has 0 aliphatic rings. The maximum atomic E-state index is 12.5. The molecule has 1 aromatic rings. The van der Waals surface area contributed by atoms with Gasteiger partial charge in [-0.1, -0.05) is 29.8 Å². The molecule has 0 fully saturated rings. The van der Waals surface area contributed by atoms with E-state index >= 15 is 0 Å². The molecule has 0 unspecified atom stereocenters. The zero-order chi connectivity index (χ0) is 14.4. The number of methoxy groups -OCH3 is 1. The molecular formula is C14H20BrNO2S. The van der Waals surface area contributed by atoms with Crippen LogP contribution < -0.4 is 0 Å². The number of halogens is 1. The predicted octanol–water partition coefficient (Wildman–Crippen LogP) is 3.48. The number of benzene rings is 1. The van der Waals surface area contributed by atoms with E-state index in [9.17, 15) is 4.79 Å². The summed E-state index contributed by atoms with van der Waals surface area (Å²) in [5.74, 6) is 0.419. The topological polar surface area (TPSA) is 29.5 Å². The van der Waals surface area contributed by atoms with Gasteiger partial charge in [-0.05, 0) is 24.1 Å². The third-order valence-corrected chi connectivity index (χ3v) is 3.49. The van der Waals surface area contributed by atoms with Gasteiger partial charge in [0.05, 0.1) is 12.2 Å². The highest BCUT2D eigenvalue weighted by Crippen LogP contribution is 2.21. The number of thiol groups is 1. The molecule has 0 spiro atoms. The number of carbonyl (C=O) groups is 1. The summed E-state index contributed by atoms with van der Waals surface area (Å²) in [4.78, 5) is 15.0. The molecule has 1 amide bonds. The van der Waals surface area contributed by atoms with Crippen molar-refractivity contribution in [2.75, 3.05) is 26.8 Å². The average Bonchev–Trinajstić information content (AvgIpc) is 2.33. The van der Waals surface area contributed by atoms with Gasteiger partial charge in [0.25, 0.3) is 5.91 Å². The predicted molar refractivity (Wildman–Crippen MR) is 84.0 cm³/mol. The van der Waals surface area contributed by atoms with Crippen LogP contribution in [0.5, 0.6) is 0 Å². The van der Waals surface area contributed by atoms with Crippen molar-refractivity contribution >= 4 is 34.5 Å². The van der Waals surface area contributed by atoms with Gasteiger partial charge >= 0.3 is 0 Å². The monoisotopic (exact) mass is 345 g/mol. The summed E-state index contributed by atoms with van der Waals surface area (Å²) in [7, 11) is 1.64. The smallest absolute Gasteiger partial charge is 0.255 e. The Morgan fingerprint density at radius 1 is 1.47 bits per heavy atom. The largest absolute Gasteiger partial charge is 0.383 e. The minimum absolute atomic E-state index is 0.00301. The average molecular weight is 346 g/mol. The lowest BCUT2D eigenvalue weighted by Gasteiger charge is -2.25. The van der Waals surface area contributed by atoms with Gasteiger partial charge in [-0.25, -0.2) is 0 Å². The second kappa shape index (κ2) is 7.92. The molecule has 0 aliphatic carbocycles. The van der Waals surface area contributed by atoms with E-state index in [4.69, 9.17) is 4.74 Å². The molecule has 106 valence electrons. The second-order valence-corrected chi connectivity index (χ2v) is 6.20. The van der Waals surface area contributed by atoms with Gasteiger partial charge in [-0.3, -0.25) is 4.79 Å². The molecule has 0 aliphatic heterocycles. The van der Waals surface area contributed by atoms with E-state index in [-0.39, 0.29) is 5.91 Å². The molecule has 1 aromatic carbocycles. The van der Waals surface area contributed by atoms with Crippen molar-refractivity contribution in [1.82, 2.24) is 4.90 Å². The summed E-state index contributed by atoms with van der Waals surface area (Å²) in [5.41, 5.74) is 0.628. The van der Waals surface area contributed by atoms with Crippen LogP contribution in [0.25, 0.3) is 0 Å². The Bertz CT molecular complexity index is 437. The van der Waals surface area contributed by atoms with Crippen molar-refractivity contribution in [2.45, 2.75) is 18.7 Å². The second-order valence-electron chi connectivity index (χ2n) is 4.80. The van der Waals surface area contributed by atoms with E-state index < -0.39 is 0 Å². The molecule has 0 atom stereocenters. The van der Waals surface area contributed by atoms with E-state index in [1.807, 2.05) is 17.0 Å². The number of carbonyl (C=O) groups excluding carboxylic acids is 1. The number of rotatable bonds is 6. The van der Waals surface area contributed by atoms with Crippen molar-refractivity contribution in [2.24, 2.45) is 5.92 Å². The van der Waals surface area contributed by atoms with E-state index in [0.29, 0.717) is 36.1 Å². The third kappa shape index (κ3) is 5.16. The molecule has 1 rings (SSSR count). The SMILES string of the molecule is COCCN(CC(C)C)C(=O)c1ccc(Br)cc1S. The highest BCUT2D eigenvalue weighted by Gasteiger charge is 2.18. The first-order chi connectivity index (χ1) is 8.95. The van der Waals surface area contributed by atoms with Crippen molar-refractivity contribution in [3.05, 3.63) is 28.2 Å². The van der Waals surface area contributed by atoms with Gasteiger partial charge in [0.2, 0.25) is 0 Å². The molecule has 0 bridgehead atoms. The summed E-state index contributed by atoms with van der Waals surface area (Å²) in [5, 5.41) is 0. The van der Waals surface area contributed by atoms with E-state index in [0.717, 1.165) is 4.47 Å². The molecule has 19 heavy (non-hydrogen) atoms. The lowest BCUT2D eigenvalue weighted by atomic mass is 10.1. The fraction of sp³-hybridized carbons (Fsp3) is 0.500. The number of ether oxygens (including phenoxy) is 1. The van der Waals surface area contributed by atoms with Crippen LogP contribution in [-0.2, 0) is 4.74 Å². The van der Waals surface area contributed by atoms with E-state index in [1.165, 1.54) is 0 Å². The number of amides is 1. The highest BCUT2D eigenvalue weighted by molar-refractivity contribution is 9.10. The van der Waals surface area contributed by atoms with Crippen molar-refractivity contribution < 1.29 is 9.53 Å². The molecule has 3 nitrogen and oxygen atoms in total. The zero-order valence-corrected chi connectivity index (χ0v) is 14.0. The molecule has 0 N–H and O–H groups in total. The first kappa shape index (κ1) is 16.5. The third-order valence-electron chi connectivity index (χ3n) is 2.63. The Balaban J connectivity index is 2.90. The van der Waals surface area contributed by atoms with Gasteiger partial charge in [-0.2, -0.15) is 0 Å². The highest BCUT2D eigenvalue weighted by atomic mass is 79.9. The summed E-state index contributed by atoms with van der Waals surface area (Å²) in [6, 6.07) is 5.49. The Morgan fingerprint density at radius 3 is 2.68 bits per heavy atom. The molecule has 0 radical (unpaired) electrons. The summed E-state index contributed by atoms with van der Waals surface area (Å²) >= 11 is 7.75. The van der Waals surface area contributed by atoms with Crippen molar-refractivity contribution in [3.8, 4) is 0 Å². The van der Waals surface area contributed by atoms with Crippen LogP contribution in [0, 0.1) is 5.92 Å². The molecular weight excluding hydrogens is 326 g/mol. The normalized spacial score (nSPS) is 10.8. The maximum absolute atomic E-state index is 12.5. The minimum Gasteiger partial charge on any atom is -0.383 e. The lowest BCUT2D eigenvalue weighted by Crippen LogP contribution is -2.36. The van der Waals surface area contributed by atoms with E-state index in [1.54, 1.807) is 13.2 Å². The molecule has 0 heterocycles. The molecule has 5 heteroatoms. The van der Waals surface area contributed by atoms with Gasteiger partial charge in [-0.15, -0.1) is 12.6 Å². The molecule has 0 saturated heterocycles. The summed E-state index contributed by atoms with van der Waals surface area (Å²) in [6.07, 6.45) is 0. The van der Waals surface area contributed by atoms with Crippen LogP contribution in [-0.4, -0.2) is 37.6 Å². The van der Waals surface area contributed by atoms with Crippen LogP contribution in [0.4, 0.5) is 0 Å². The van der Waals surface area contributed by atoms with Crippen LogP contribution in [0.1, 0.15) is 24.2 Å². The fourth-order valence-corrected chi connectivity index (χ4v) is 2.62. The van der Waals surface area contributed by atoms with Crippen LogP contribution in [0.15, 0.2) is 27.6 Å². The quantitative estimate of drug-likeness (QED) is 0.799. The van der Waals surface area contributed by atoms with Gasteiger partial charge < -0.3 is 9.64 Å². The Labute approximate surface area is 128 Å². The number of nitrogens with zero attached hydrogens (tertiary/aromatic N) is 1. The Hall–Kier alpha value is -0.520. The Kier molecular flexibility index (Phi) is 6.89. The van der Waals surface area contributed by atoms with Gasteiger partial charge in [0.15, 0.2) is 0 Å².